The number of hydrogen-bond acceptors (Lipinski definition) is 3. The molecule has 1 aromatic rings. The fourth-order valence-corrected chi connectivity index (χ4v) is 1.91. The monoisotopic (exact) mass is 233 g/mol. The first-order valence-electron chi connectivity index (χ1n) is 6.20. The molecule has 1 aliphatic heterocycles. The summed E-state index contributed by atoms with van der Waals surface area (Å²) in [6.45, 7) is 2.33. The van der Waals surface area contributed by atoms with Gasteiger partial charge in [0, 0.05) is 19.4 Å². The summed E-state index contributed by atoms with van der Waals surface area (Å²) >= 11 is 0. The van der Waals surface area contributed by atoms with E-state index >= 15 is 0 Å². The van der Waals surface area contributed by atoms with Crippen molar-refractivity contribution in [1.82, 2.24) is 0 Å². The molecule has 17 heavy (non-hydrogen) atoms. The van der Waals surface area contributed by atoms with Crippen molar-refractivity contribution in [3.8, 4) is 0 Å². The van der Waals surface area contributed by atoms with Gasteiger partial charge in [-0.3, -0.25) is 0 Å². The van der Waals surface area contributed by atoms with Crippen LogP contribution in [0.3, 0.4) is 0 Å². The lowest BCUT2D eigenvalue weighted by molar-refractivity contribution is 0.0681. The molecule has 1 saturated heterocycles. The minimum Gasteiger partial charge on any atom is -0.391 e. The Labute approximate surface area is 102 Å². The van der Waals surface area contributed by atoms with E-state index in [1.54, 1.807) is 0 Å². The number of ether oxygens (including phenoxy) is 1. The SMILES string of the molecule is C(CC1CCOCC1)=NOCc1ccccc1. The van der Waals surface area contributed by atoms with Crippen LogP contribution in [0.15, 0.2) is 35.5 Å². The maximum atomic E-state index is 5.31. The van der Waals surface area contributed by atoms with Gasteiger partial charge in [-0.05, 0) is 30.7 Å². The Bertz CT molecular complexity index is 331. The van der Waals surface area contributed by atoms with Crippen LogP contribution in [0.4, 0.5) is 0 Å². The predicted molar refractivity (Wildman–Crippen MR) is 67.9 cm³/mol. The summed E-state index contributed by atoms with van der Waals surface area (Å²) in [5, 5.41) is 3.99. The van der Waals surface area contributed by atoms with E-state index in [0.717, 1.165) is 38.0 Å². The van der Waals surface area contributed by atoms with Crippen molar-refractivity contribution in [2.45, 2.75) is 25.9 Å². The average molecular weight is 233 g/mol. The first kappa shape index (κ1) is 12.1. The molecule has 0 atom stereocenters. The molecule has 0 N–H and O–H groups in total. The average Bonchev–Trinajstić information content (AvgIpc) is 2.41. The molecule has 3 nitrogen and oxygen atoms in total. The normalized spacial score (nSPS) is 17.4. The van der Waals surface area contributed by atoms with Gasteiger partial charge in [-0.25, -0.2) is 0 Å². The minimum absolute atomic E-state index is 0.547. The van der Waals surface area contributed by atoms with E-state index in [2.05, 4.69) is 5.16 Å². The van der Waals surface area contributed by atoms with Crippen LogP contribution in [0.25, 0.3) is 0 Å². The summed E-state index contributed by atoms with van der Waals surface area (Å²) in [6, 6.07) is 10.1. The molecule has 0 radical (unpaired) electrons. The van der Waals surface area contributed by atoms with E-state index in [4.69, 9.17) is 9.57 Å². The van der Waals surface area contributed by atoms with Crippen LogP contribution in [0.2, 0.25) is 0 Å². The fourth-order valence-electron chi connectivity index (χ4n) is 1.91. The summed E-state index contributed by atoms with van der Waals surface area (Å²) in [5.41, 5.74) is 1.15. The highest BCUT2D eigenvalue weighted by atomic mass is 16.6. The van der Waals surface area contributed by atoms with Crippen LogP contribution in [0.1, 0.15) is 24.8 Å². The Kier molecular flexibility index (Phi) is 5.04. The molecule has 1 aromatic carbocycles. The topological polar surface area (TPSA) is 30.8 Å². The molecule has 0 aliphatic carbocycles. The lowest BCUT2D eigenvalue weighted by Crippen LogP contribution is -2.15. The van der Waals surface area contributed by atoms with Gasteiger partial charge >= 0.3 is 0 Å². The summed E-state index contributed by atoms with van der Waals surface area (Å²) in [7, 11) is 0. The Morgan fingerprint density at radius 1 is 1.24 bits per heavy atom. The molecule has 0 amide bonds. The van der Waals surface area contributed by atoms with Crippen molar-refractivity contribution in [1.29, 1.82) is 0 Å². The van der Waals surface area contributed by atoms with Gasteiger partial charge < -0.3 is 9.57 Å². The van der Waals surface area contributed by atoms with E-state index in [1.165, 1.54) is 0 Å². The minimum atomic E-state index is 0.547. The van der Waals surface area contributed by atoms with Gasteiger partial charge in [0.25, 0.3) is 0 Å². The molecule has 0 saturated carbocycles. The highest BCUT2D eigenvalue weighted by Gasteiger charge is 2.11. The maximum Gasteiger partial charge on any atom is 0.142 e. The molecule has 0 aromatic heterocycles. The van der Waals surface area contributed by atoms with Gasteiger partial charge in [0.05, 0.1) is 0 Å². The third-order valence-corrected chi connectivity index (χ3v) is 3.00. The Morgan fingerprint density at radius 3 is 2.76 bits per heavy atom. The van der Waals surface area contributed by atoms with Gasteiger partial charge in [-0.15, -0.1) is 0 Å². The first-order chi connectivity index (χ1) is 8.45. The number of benzene rings is 1. The van der Waals surface area contributed by atoms with E-state index in [-0.39, 0.29) is 0 Å². The zero-order chi connectivity index (χ0) is 11.8. The largest absolute Gasteiger partial charge is 0.391 e. The van der Waals surface area contributed by atoms with E-state index in [9.17, 15) is 0 Å². The van der Waals surface area contributed by atoms with Crippen molar-refractivity contribution in [3.05, 3.63) is 35.9 Å². The molecule has 0 unspecified atom stereocenters. The van der Waals surface area contributed by atoms with Crippen molar-refractivity contribution in [3.63, 3.8) is 0 Å². The van der Waals surface area contributed by atoms with Crippen LogP contribution in [0, 0.1) is 5.92 Å². The standard InChI is InChI=1S/C14H19NO2/c1-2-4-14(5-3-1)12-17-15-9-6-13-7-10-16-11-8-13/h1-5,9,13H,6-8,10-12H2. The van der Waals surface area contributed by atoms with Crippen molar-refractivity contribution < 1.29 is 9.57 Å². The molecular weight excluding hydrogens is 214 g/mol. The lowest BCUT2D eigenvalue weighted by Gasteiger charge is -2.19. The van der Waals surface area contributed by atoms with Crippen LogP contribution in [-0.2, 0) is 16.2 Å². The summed E-state index contributed by atoms with van der Waals surface area (Å²) in [6.07, 6.45) is 5.17. The van der Waals surface area contributed by atoms with Gasteiger partial charge in [-0.2, -0.15) is 0 Å². The molecule has 1 aliphatic rings. The third kappa shape index (κ3) is 4.57. The summed E-state index contributed by atoms with van der Waals surface area (Å²) in [5.74, 6) is 0.716. The van der Waals surface area contributed by atoms with Crippen LogP contribution in [-0.4, -0.2) is 19.4 Å². The Hall–Kier alpha value is -1.35. The lowest BCUT2D eigenvalue weighted by atomic mass is 9.97. The van der Waals surface area contributed by atoms with Gasteiger partial charge in [0.1, 0.15) is 6.61 Å². The van der Waals surface area contributed by atoms with E-state index < -0.39 is 0 Å². The zero-order valence-electron chi connectivity index (χ0n) is 10.0. The maximum absolute atomic E-state index is 5.31. The van der Waals surface area contributed by atoms with Crippen LogP contribution in [0.5, 0.6) is 0 Å². The number of rotatable bonds is 5. The van der Waals surface area contributed by atoms with Crippen molar-refractivity contribution in [2.75, 3.05) is 13.2 Å². The van der Waals surface area contributed by atoms with Gasteiger partial charge in [-0.1, -0.05) is 35.5 Å². The van der Waals surface area contributed by atoms with Gasteiger partial charge in [0.15, 0.2) is 0 Å². The van der Waals surface area contributed by atoms with Crippen LogP contribution < -0.4 is 0 Å². The highest BCUT2D eigenvalue weighted by Crippen LogP contribution is 2.16. The molecular formula is C14H19NO2. The van der Waals surface area contributed by atoms with Gasteiger partial charge in [0.2, 0.25) is 0 Å². The fraction of sp³-hybridized carbons (Fsp3) is 0.500. The third-order valence-electron chi connectivity index (χ3n) is 3.00. The second kappa shape index (κ2) is 7.07. The van der Waals surface area contributed by atoms with Crippen molar-refractivity contribution >= 4 is 6.21 Å². The first-order valence-corrected chi connectivity index (χ1v) is 6.20. The molecule has 2 rings (SSSR count). The number of nitrogens with zero attached hydrogens (tertiary/aromatic N) is 1. The second-order valence-corrected chi connectivity index (χ2v) is 4.34. The highest BCUT2D eigenvalue weighted by molar-refractivity contribution is 5.56. The Balaban J connectivity index is 1.61. The smallest absolute Gasteiger partial charge is 0.142 e. The van der Waals surface area contributed by atoms with Crippen LogP contribution >= 0.6 is 0 Å². The number of oxime groups is 1. The molecule has 0 bridgehead atoms. The number of hydrogen-bond donors (Lipinski definition) is 0. The molecule has 1 fully saturated rings. The summed E-state index contributed by atoms with van der Waals surface area (Å²) in [4.78, 5) is 5.25. The Morgan fingerprint density at radius 2 is 2.00 bits per heavy atom. The summed E-state index contributed by atoms with van der Waals surface area (Å²) < 4.78 is 5.31. The molecule has 92 valence electrons. The predicted octanol–water partition coefficient (Wildman–Crippen LogP) is 3.01. The molecule has 0 spiro atoms. The zero-order valence-corrected chi connectivity index (χ0v) is 10.0. The molecule has 3 heteroatoms. The quantitative estimate of drug-likeness (QED) is 0.578. The van der Waals surface area contributed by atoms with E-state index in [0.29, 0.717) is 12.5 Å². The van der Waals surface area contributed by atoms with Crippen molar-refractivity contribution in [2.24, 2.45) is 11.1 Å². The molecule has 1 heterocycles. The van der Waals surface area contributed by atoms with E-state index in [1.807, 2.05) is 36.5 Å². The second-order valence-electron chi connectivity index (χ2n) is 4.34.